The second-order valence-corrected chi connectivity index (χ2v) is 7.08. The van der Waals surface area contributed by atoms with Crippen LogP contribution in [0.5, 0.6) is 11.5 Å². The maximum Gasteiger partial charge on any atom is 0.371 e. The molecule has 4 rings (SSSR count). The summed E-state index contributed by atoms with van der Waals surface area (Å²) in [6, 6.07) is 19.0. The maximum atomic E-state index is 12.7. The van der Waals surface area contributed by atoms with E-state index in [0.29, 0.717) is 28.4 Å². The Labute approximate surface area is 194 Å². The highest BCUT2D eigenvalue weighted by molar-refractivity contribution is 5.98. The van der Waals surface area contributed by atoms with Crippen molar-refractivity contribution in [1.82, 2.24) is 9.99 Å². The number of rotatable bonds is 9. The van der Waals surface area contributed by atoms with E-state index in [1.165, 1.54) is 25.5 Å². The van der Waals surface area contributed by atoms with Gasteiger partial charge in [-0.25, -0.2) is 10.2 Å². The van der Waals surface area contributed by atoms with E-state index in [0.717, 1.165) is 5.69 Å². The number of amides is 1. The highest BCUT2D eigenvalue weighted by atomic mass is 16.5. The Hall–Kier alpha value is -4.79. The lowest BCUT2D eigenvalue weighted by molar-refractivity contribution is 0.0657. The molecule has 172 valence electrons. The summed E-state index contributed by atoms with van der Waals surface area (Å²) in [5, 5.41) is 13.0. The average molecular weight is 459 g/mol. The van der Waals surface area contributed by atoms with Crippen molar-refractivity contribution < 1.29 is 28.6 Å². The summed E-state index contributed by atoms with van der Waals surface area (Å²) in [6.07, 6.45) is 5.22. The number of carboxylic acids is 1. The first-order chi connectivity index (χ1) is 16.5. The van der Waals surface area contributed by atoms with Gasteiger partial charge in [-0.15, -0.1) is 0 Å². The number of hydrogen-bond donors (Lipinski definition) is 2. The number of para-hydroxylation sites is 1. The van der Waals surface area contributed by atoms with E-state index >= 15 is 0 Å². The van der Waals surface area contributed by atoms with Gasteiger partial charge in [0.05, 0.1) is 24.6 Å². The molecule has 4 aromatic rings. The molecular weight excluding hydrogens is 438 g/mol. The zero-order valence-corrected chi connectivity index (χ0v) is 18.2. The second kappa shape index (κ2) is 10.2. The Kier molecular flexibility index (Phi) is 6.73. The van der Waals surface area contributed by atoms with E-state index in [-0.39, 0.29) is 18.3 Å². The molecule has 0 bridgehead atoms. The molecule has 34 heavy (non-hydrogen) atoms. The first kappa shape index (κ1) is 22.4. The summed E-state index contributed by atoms with van der Waals surface area (Å²) in [5.74, 6) is -0.390. The summed E-state index contributed by atoms with van der Waals surface area (Å²) < 4.78 is 18.1. The van der Waals surface area contributed by atoms with Crippen LogP contribution in [0.15, 0.2) is 88.6 Å². The van der Waals surface area contributed by atoms with Gasteiger partial charge in [-0.1, -0.05) is 12.1 Å². The topological polar surface area (TPSA) is 115 Å². The van der Waals surface area contributed by atoms with Crippen LogP contribution in [0.3, 0.4) is 0 Å². The zero-order chi connectivity index (χ0) is 23.9. The summed E-state index contributed by atoms with van der Waals surface area (Å²) in [5.41, 5.74) is 4.45. The average Bonchev–Trinajstić information content (AvgIpc) is 3.55. The van der Waals surface area contributed by atoms with E-state index in [4.69, 9.17) is 19.0 Å². The summed E-state index contributed by atoms with van der Waals surface area (Å²) >= 11 is 0. The van der Waals surface area contributed by atoms with Gasteiger partial charge < -0.3 is 23.6 Å². The van der Waals surface area contributed by atoms with E-state index < -0.39 is 5.97 Å². The minimum atomic E-state index is -1.15. The fraction of sp³-hybridized carbons (Fsp3) is 0.0800. The number of aromatic carboxylic acids is 1. The molecule has 0 saturated heterocycles. The maximum absolute atomic E-state index is 12.7. The van der Waals surface area contributed by atoms with Crippen molar-refractivity contribution in [3.63, 3.8) is 0 Å². The molecule has 0 aliphatic rings. The van der Waals surface area contributed by atoms with Gasteiger partial charge in [-0.05, 0) is 60.2 Å². The predicted molar refractivity (Wildman–Crippen MR) is 124 cm³/mol. The van der Waals surface area contributed by atoms with Crippen LogP contribution in [0.2, 0.25) is 0 Å². The first-order valence-electron chi connectivity index (χ1n) is 10.2. The predicted octanol–water partition coefficient (Wildman–Crippen LogP) is 4.12. The van der Waals surface area contributed by atoms with Crippen LogP contribution in [0, 0.1) is 0 Å². The molecule has 0 radical (unpaired) electrons. The van der Waals surface area contributed by atoms with E-state index in [1.807, 2.05) is 41.2 Å². The molecule has 9 heteroatoms. The fourth-order valence-corrected chi connectivity index (χ4v) is 3.21. The van der Waals surface area contributed by atoms with Crippen molar-refractivity contribution in [2.75, 3.05) is 7.11 Å². The molecule has 2 N–H and O–H groups in total. The molecule has 9 nitrogen and oxygen atoms in total. The van der Waals surface area contributed by atoms with Gasteiger partial charge in [-0.2, -0.15) is 5.10 Å². The molecule has 2 heterocycles. The summed E-state index contributed by atoms with van der Waals surface area (Å²) in [7, 11) is 1.50. The number of hydrogen-bond acceptors (Lipinski definition) is 6. The van der Waals surface area contributed by atoms with Crippen molar-refractivity contribution in [3.8, 4) is 17.2 Å². The number of carbonyl (C=O) groups is 2. The second-order valence-electron chi connectivity index (χ2n) is 7.08. The number of ether oxygens (including phenoxy) is 2. The Morgan fingerprint density at radius 3 is 2.59 bits per heavy atom. The van der Waals surface area contributed by atoms with Crippen LogP contribution >= 0.6 is 0 Å². The number of nitrogens with one attached hydrogen (secondary N) is 1. The highest BCUT2D eigenvalue weighted by Crippen LogP contribution is 2.28. The van der Waals surface area contributed by atoms with Crippen LogP contribution in [0.25, 0.3) is 5.69 Å². The van der Waals surface area contributed by atoms with Crippen molar-refractivity contribution >= 4 is 18.1 Å². The van der Waals surface area contributed by atoms with Gasteiger partial charge in [0.15, 0.2) is 11.5 Å². The number of aromatic nitrogens is 1. The van der Waals surface area contributed by atoms with Gasteiger partial charge in [0.1, 0.15) is 12.4 Å². The van der Waals surface area contributed by atoms with E-state index in [1.54, 1.807) is 30.3 Å². The lowest BCUT2D eigenvalue weighted by Crippen LogP contribution is -2.19. The van der Waals surface area contributed by atoms with Crippen molar-refractivity contribution in [2.45, 2.75) is 6.61 Å². The molecule has 0 aliphatic carbocycles. The molecule has 0 aliphatic heterocycles. The third-order valence-corrected chi connectivity index (χ3v) is 4.84. The zero-order valence-electron chi connectivity index (χ0n) is 18.2. The Bertz CT molecular complexity index is 1320. The third-order valence-electron chi connectivity index (χ3n) is 4.84. The highest BCUT2D eigenvalue weighted by Gasteiger charge is 2.12. The quantitative estimate of drug-likeness (QED) is 0.287. The van der Waals surface area contributed by atoms with Crippen LogP contribution in [0.1, 0.15) is 32.2 Å². The van der Waals surface area contributed by atoms with E-state index in [2.05, 4.69) is 10.5 Å². The number of methoxy groups -OCH3 is 1. The number of furan rings is 1. The number of hydrazone groups is 1. The fourth-order valence-electron chi connectivity index (χ4n) is 3.21. The van der Waals surface area contributed by atoms with Gasteiger partial charge >= 0.3 is 5.97 Å². The largest absolute Gasteiger partial charge is 0.493 e. The first-order valence-corrected chi connectivity index (χ1v) is 10.2. The molecule has 1 amide bonds. The Balaban J connectivity index is 1.41. The summed E-state index contributed by atoms with van der Waals surface area (Å²) in [6.45, 7) is 0.0357. The van der Waals surface area contributed by atoms with Gasteiger partial charge in [0, 0.05) is 12.4 Å². The molecule has 0 fully saturated rings. The number of carboxylic acid groups (broad SMARTS) is 1. The molecule has 2 aromatic heterocycles. The van der Waals surface area contributed by atoms with Crippen LogP contribution in [0.4, 0.5) is 0 Å². The molecule has 0 saturated carbocycles. The minimum absolute atomic E-state index is 0.0357. The normalized spacial score (nSPS) is 10.9. The van der Waals surface area contributed by atoms with Crippen LogP contribution in [-0.4, -0.2) is 34.9 Å². The molecule has 0 unspecified atom stereocenters. The van der Waals surface area contributed by atoms with Crippen molar-refractivity contribution in [2.24, 2.45) is 5.10 Å². The van der Waals surface area contributed by atoms with Gasteiger partial charge in [0.2, 0.25) is 5.76 Å². The number of nitrogens with zero attached hydrogens (tertiary/aromatic N) is 2. The molecule has 0 spiro atoms. The Morgan fingerprint density at radius 2 is 1.85 bits per heavy atom. The third kappa shape index (κ3) is 5.16. The smallest absolute Gasteiger partial charge is 0.371 e. The van der Waals surface area contributed by atoms with Gasteiger partial charge in [0.25, 0.3) is 5.91 Å². The van der Waals surface area contributed by atoms with Crippen molar-refractivity contribution in [1.29, 1.82) is 0 Å². The number of carbonyl (C=O) groups excluding carboxylic acids is 1. The van der Waals surface area contributed by atoms with Gasteiger partial charge in [-0.3, -0.25) is 4.79 Å². The van der Waals surface area contributed by atoms with E-state index in [9.17, 15) is 9.59 Å². The molecule has 0 atom stereocenters. The molecule has 2 aromatic carbocycles. The minimum Gasteiger partial charge on any atom is -0.493 e. The molecular formula is C25H21N3O6. The summed E-state index contributed by atoms with van der Waals surface area (Å²) in [4.78, 5) is 23.6. The van der Waals surface area contributed by atoms with Crippen LogP contribution < -0.4 is 14.9 Å². The monoisotopic (exact) mass is 459 g/mol. The number of benzene rings is 2. The SMILES string of the molecule is COc1cc(C=NNC(=O)c2ccccc2-n2cccc2)ccc1OCc1ccc(C(=O)O)o1. The Morgan fingerprint density at radius 1 is 1.06 bits per heavy atom. The lowest BCUT2D eigenvalue weighted by Gasteiger charge is -2.10. The standard InChI is InChI=1S/C25H21N3O6/c1-32-23-14-17(8-10-21(23)33-16-18-9-11-22(34-18)25(30)31)15-26-27-24(29)19-6-2-3-7-20(19)28-12-4-5-13-28/h2-15H,16H2,1H3,(H,27,29)(H,30,31). The van der Waals surface area contributed by atoms with Crippen LogP contribution in [-0.2, 0) is 6.61 Å². The lowest BCUT2D eigenvalue weighted by atomic mass is 10.1. The van der Waals surface area contributed by atoms with Crippen molar-refractivity contribution in [3.05, 3.63) is 102 Å².